The first-order valence-electron chi connectivity index (χ1n) is 3.21. The summed E-state index contributed by atoms with van der Waals surface area (Å²) in [5, 5.41) is 8.41. The summed E-state index contributed by atoms with van der Waals surface area (Å²) in [5.74, 6) is -2.42. The number of esters is 1. The van der Waals surface area contributed by atoms with Gasteiger partial charge in [-0.2, -0.15) is 0 Å². The first kappa shape index (κ1) is 7.78. The van der Waals surface area contributed by atoms with Crippen LogP contribution in [-0.4, -0.2) is 17.0 Å². The summed E-state index contributed by atoms with van der Waals surface area (Å²) >= 11 is 0. The van der Waals surface area contributed by atoms with Crippen LogP contribution >= 0.6 is 0 Å². The lowest BCUT2D eigenvalue weighted by Gasteiger charge is -1.93. The molecule has 4 nitrogen and oxygen atoms in total. The van der Waals surface area contributed by atoms with Crippen LogP contribution in [0.5, 0.6) is 0 Å². The van der Waals surface area contributed by atoms with Gasteiger partial charge in [-0.1, -0.05) is 6.58 Å². The molecule has 0 saturated heterocycles. The first-order valence-corrected chi connectivity index (χ1v) is 3.21. The molecule has 2 atom stereocenters. The number of carboxylic acid groups (broad SMARTS) is 1. The third-order valence-corrected chi connectivity index (χ3v) is 1.61. The van der Waals surface area contributed by atoms with Gasteiger partial charge in [0.15, 0.2) is 0 Å². The highest BCUT2D eigenvalue weighted by Crippen LogP contribution is 2.39. The molecule has 0 bridgehead atoms. The van der Waals surface area contributed by atoms with Crippen LogP contribution in [0.4, 0.5) is 0 Å². The highest BCUT2D eigenvalue weighted by Gasteiger charge is 2.49. The molecule has 1 aliphatic carbocycles. The minimum Gasteiger partial charge on any atom is -0.481 e. The zero-order chi connectivity index (χ0) is 8.43. The second-order valence-electron chi connectivity index (χ2n) is 2.39. The summed E-state index contributed by atoms with van der Waals surface area (Å²) in [5.41, 5.74) is 0. The molecule has 11 heavy (non-hydrogen) atoms. The molecule has 0 radical (unpaired) electrons. The number of aliphatic carboxylic acids is 1. The van der Waals surface area contributed by atoms with Crippen LogP contribution in [0.1, 0.15) is 6.42 Å². The minimum atomic E-state index is -0.934. The van der Waals surface area contributed by atoms with E-state index < -0.39 is 23.8 Å². The molecule has 0 heterocycles. The monoisotopic (exact) mass is 156 g/mol. The van der Waals surface area contributed by atoms with Crippen molar-refractivity contribution in [1.29, 1.82) is 0 Å². The zero-order valence-electron chi connectivity index (χ0n) is 5.82. The van der Waals surface area contributed by atoms with E-state index in [9.17, 15) is 9.59 Å². The summed E-state index contributed by atoms with van der Waals surface area (Å²) in [4.78, 5) is 21.0. The highest BCUT2D eigenvalue weighted by molar-refractivity contribution is 5.86. The molecule has 1 N–H and O–H groups in total. The predicted molar refractivity (Wildman–Crippen MR) is 35.5 cm³/mol. The van der Waals surface area contributed by atoms with E-state index >= 15 is 0 Å². The lowest BCUT2D eigenvalue weighted by Crippen LogP contribution is -2.08. The molecule has 0 amide bonds. The molecule has 1 aliphatic rings. The Hall–Kier alpha value is -1.32. The number of ether oxygens (including phenoxy) is 1. The second-order valence-corrected chi connectivity index (χ2v) is 2.39. The van der Waals surface area contributed by atoms with E-state index in [4.69, 9.17) is 5.11 Å². The molecule has 0 aromatic carbocycles. The summed E-state index contributed by atoms with van der Waals surface area (Å²) in [7, 11) is 0. The smallest absolute Gasteiger partial charge is 0.314 e. The largest absolute Gasteiger partial charge is 0.481 e. The van der Waals surface area contributed by atoms with Gasteiger partial charge in [0, 0.05) is 0 Å². The van der Waals surface area contributed by atoms with Gasteiger partial charge >= 0.3 is 11.9 Å². The fraction of sp³-hybridized carbons (Fsp3) is 0.429. The van der Waals surface area contributed by atoms with Crippen molar-refractivity contribution >= 4 is 11.9 Å². The average molecular weight is 156 g/mol. The van der Waals surface area contributed by atoms with Crippen LogP contribution in [0.15, 0.2) is 12.8 Å². The van der Waals surface area contributed by atoms with Crippen molar-refractivity contribution in [2.24, 2.45) is 11.8 Å². The molecule has 60 valence electrons. The van der Waals surface area contributed by atoms with Gasteiger partial charge in [0.25, 0.3) is 0 Å². The van der Waals surface area contributed by atoms with E-state index in [-0.39, 0.29) is 0 Å². The Kier molecular flexibility index (Phi) is 1.94. The maximum absolute atomic E-state index is 10.8. The predicted octanol–water partition coefficient (Wildman–Crippen LogP) is 0.394. The molecule has 1 fully saturated rings. The Morgan fingerprint density at radius 3 is 2.55 bits per heavy atom. The second kappa shape index (κ2) is 2.74. The number of hydrogen-bond donors (Lipinski definition) is 1. The Morgan fingerprint density at radius 2 is 2.18 bits per heavy atom. The van der Waals surface area contributed by atoms with E-state index in [1.54, 1.807) is 0 Å². The van der Waals surface area contributed by atoms with Crippen LogP contribution in [0, 0.1) is 11.8 Å². The molecular formula is C7H8O4. The maximum atomic E-state index is 10.8. The standard InChI is InChI=1S/C7H8O4/c1-2-11-7(10)5-3-4(5)6(8)9/h2,4-5H,1,3H2,(H,8,9). The Labute approximate surface area is 63.5 Å². The fourth-order valence-corrected chi connectivity index (χ4v) is 0.898. The van der Waals surface area contributed by atoms with E-state index in [0.29, 0.717) is 6.42 Å². The molecule has 0 aromatic rings. The van der Waals surface area contributed by atoms with Crippen LogP contribution in [0.3, 0.4) is 0 Å². The minimum absolute atomic E-state index is 0.391. The summed E-state index contributed by atoms with van der Waals surface area (Å²) in [6.07, 6.45) is 1.40. The topological polar surface area (TPSA) is 63.6 Å². The number of carbonyl (C=O) groups is 2. The Balaban J connectivity index is 2.37. The Bertz CT molecular complexity index is 208. The van der Waals surface area contributed by atoms with Crippen molar-refractivity contribution in [3.05, 3.63) is 12.8 Å². The van der Waals surface area contributed by atoms with Gasteiger partial charge in [-0.15, -0.1) is 0 Å². The third kappa shape index (κ3) is 1.58. The molecular weight excluding hydrogens is 148 g/mol. The Morgan fingerprint density at radius 1 is 1.55 bits per heavy atom. The number of carbonyl (C=O) groups excluding carboxylic acids is 1. The molecule has 0 aliphatic heterocycles. The van der Waals surface area contributed by atoms with Crippen molar-refractivity contribution in [2.45, 2.75) is 6.42 Å². The zero-order valence-corrected chi connectivity index (χ0v) is 5.82. The molecule has 0 spiro atoms. The van der Waals surface area contributed by atoms with Crippen LogP contribution in [-0.2, 0) is 14.3 Å². The van der Waals surface area contributed by atoms with Crippen molar-refractivity contribution < 1.29 is 19.4 Å². The van der Waals surface area contributed by atoms with Crippen molar-refractivity contribution in [1.82, 2.24) is 0 Å². The third-order valence-electron chi connectivity index (χ3n) is 1.61. The van der Waals surface area contributed by atoms with Crippen molar-refractivity contribution in [2.75, 3.05) is 0 Å². The molecule has 2 unspecified atom stereocenters. The lowest BCUT2D eigenvalue weighted by atomic mass is 10.3. The maximum Gasteiger partial charge on any atom is 0.314 e. The number of hydrogen-bond acceptors (Lipinski definition) is 3. The van der Waals surface area contributed by atoms with Gasteiger partial charge in [-0.05, 0) is 6.42 Å². The quantitative estimate of drug-likeness (QED) is 0.474. The van der Waals surface area contributed by atoms with Crippen LogP contribution in [0.2, 0.25) is 0 Å². The van der Waals surface area contributed by atoms with E-state index in [0.717, 1.165) is 6.26 Å². The van der Waals surface area contributed by atoms with Gasteiger partial charge < -0.3 is 9.84 Å². The summed E-state index contributed by atoms with van der Waals surface area (Å²) in [6, 6.07) is 0. The number of carboxylic acids is 1. The van der Waals surface area contributed by atoms with Gasteiger partial charge in [0.1, 0.15) is 0 Å². The lowest BCUT2D eigenvalue weighted by molar-refractivity contribution is -0.145. The fourth-order valence-electron chi connectivity index (χ4n) is 0.898. The molecule has 1 saturated carbocycles. The van der Waals surface area contributed by atoms with Crippen LogP contribution < -0.4 is 0 Å². The summed E-state index contributed by atoms with van der Waals surface area (Å²) in [6.45, 7) is 3.19. The molecule has 0 aromatic heterocycles. The molecule has 1 rings (SSSR count). The van der Waals surface area contributed by atoms with E-state index in [2.05, 4.69) is 11.3 Å². The average Bonchev–Trinajstić information content (AvgIpc) is 2.65. The first-order chi connectivity index (χ1) is 5.16. The SMILES string of the molecule is C=COC(=O)C1CC1C(=O)O. The highest BCUT2D eigenvalue weighted by atomic mass is 16.5. The van der Waals surface area contributed by atoms with Crippen molar-refractivity contribution in [3.8, 4) is 0 Å². The number of rotatable bonds is 3. The van der Waals surface area contributed by atoms with Gasteiger partial charge in [0.05, 0.1) is 18.1 Å². The van der Waals surface area contributed by atoms with E-state index in [1.165, 1.54) is 0 Å². The van der Waals surface area contributed by atoms with E-state index in [1.807, 2.05) is 0 Å². The molecule has 4 heteroatoms. The van der Waals surface area contributed by atoms with Crippen molar-refractivity contribution in [3.63, 3.8) is 0 Å². The van der Waals surface area contributed by atoms with Gasteiger partial charge in [0.2, 0.25) is 0 Å². The van der Waals surface area contributed by atoms with Gasteiger partial charge in [-0.3, -0.25) is 9.59 Å². The van der Waals surface area contributed by atoms with Gasteiger partial charge in [-0.25, -0.2) is 0 Å². The normalized spacial score (nSPS) is 27.3. The van der Waals surface area contributed by atoms with Crippen LogP contribution in [0.25, 0.3) is 0 Å². The summed E-state index contributed by atoms with van der Waals surface area (Å²) < 4.78 is 4.41.